The van der Waals surface area contributed by atoms with Crippen molar-refractivity contribution in [2.45, 2.75) is 48.8 Å². The highest BCUT2D eigenvalue weighted by Gasteiger charge is 2.67. The number of likely N-dealkylation sites (N-methyl/N-ethyl adjacent to an activating group) is 1. The number of nitrogens with two attached hydrogens (primary N) is 1. The van der Waals surface area contributed by atoms with E-state index in [1.54, 1.807) is 13.8 Å². The number of fused-ring (bicyclic) bond motifs is 3. The van der Waals surface area contributed by atoms with Crippen LogP contribution in [0.25, 0.3) is 0 Å². The first-order valence-electron chi connectivity index (χ1n) is 12.3. The van der Waals surface area contributed by atoms with Crippen molar-refractivity contribution in [3.63, 3.8) is 0 Å². The van der Waals surface area contributed by atoms with Crippen molar-refractivity contribution in [1.82, 2.24) is 4.90 Å². The number of halogens is 2. The van der Waals surface area contributed by atoms with Gasteiger partial charge in [0.2, 0.25) is 11.7 Å². The molecule has 0 bridgehead atoms. The first-order valence-corrected chi connectivity index (χ1v) is 13.2. The Kier molecular flexibility index (Phi) is 8.65. The Morgan fingerprint density at radius 2 is 1.80 bits per heavy atom. The van der Waals surface area contributed by atoms with Gasteiger partial charge in [-0.1, -0.05) is 35.8 Å². The van der Waals surface area contributed by atoms with Gasteiger partial charge < -0.3 is 36.6 Å². The Labute approximate surface area is 248 Å². The number of phenolic OH excluding ortho intramolecular Hbond substituents is 1. The van der Waals surface area contributed by atoms with Crippen molar-refractivity contribution >= 4 is 62.0 Å². The number of anilines is 1. The van der Waals surface area contributed by atoms with Crippen LogP contribution in [0.15, 0.2) is 34.8 Å². The summed E-state index contributed by atoms with van der Waals surface area (Å²) in [5.74, 6) is -10.2. The molecule has 0 saturated heterocycles. The average Bonchev–Trinajstić information content (AvgIpc) is 2.86. The van der Waals surface area contributed by atoms with E-state index in [4.69, 9.17) is 5.73 Å². The quantitative estimate of drug-likeness (QED) is 0.134. The van der Waals surface area contributed by atoms with Gasteiger partial charge in [0, 0.05) is 11.5 Å². The largest absolute Gasteiger partial charge is 0.510 e. The van der Waals surface area contributed by atoms with Crippen LogP contribution in [-0.2, 0) is 14.4 Å². The van der Waals surface area contributed by atoms with E-state index in [2.05, 4.69) is 21.2 Å². The molecule has 0 aromatic heterocycles. The topological polar surface area (TPSA) is 211 Å². The van der Waals surface area contributed by atoms with Crippen molar-refractivity contribution in [3.05, 3.63) is 45.9 Å². The second kappa shape index (κ2) is 10.9. The summed E-state index contributed by atoms with van der Waals surface area (Å²) in [6.45, 7) is 3.39. The maximum Gasteiger partial charge on any atom is 0.255 e. The molecule has 7 atom stereocenters. The summed E-state index contributed by atoms with van der Waals surface area (Å²) in [6, 6.07) is 1.58. The Morgan fingerprint density at radius 1 is 1.20 bits per heavy atom. The Hall–Kier alpha value is -2.78. The maximum absolute atomic E-state index is 13.8. The molecular weight excluding hydrogens is 658 g/mol. The van der Waals surface area contributed by atoms with E-state index in [1.807, 2.05) is 0 Å². The normalized spacial score (nSPS) is 30.2. The number of primary amides is 1. The van der Waals surface area contributed by atoms with Crippen LogP contribution in [0, 0.1) is 11.8 Å². The van der Waals surface area contributed by atoms with Gasteiger partial charge in [-0.3, -0.25) is 24.1 Å². The number of carbonyl (C=O) groups is 4. The number of nitrogens with zero attached hydrogens (tertiary/aromatic N) is 1. The van der Waals surface area contributed by atoms with Crippen molar-refractivity contribution in [1.29, 1.82) is 0 Å². The number of rotatable bonds is 5. The summed E-state index contributed by atoms with van der Waals surface area (Å²) < 4.78 is 0. The van der Waals surface area contributed by atoms with E-state index in [0.717, 1.165) is 0 Å². The molecule has 6 unspecified atom stereocenters. The maximum atomic E-state index is 13.8. The zero-order chi connectivity index (χ0) is 29.3. The summed E-state index contributed by atoms with van der Waals surface area (Å²) in [5.41, 5.74) is 0.782. The Balaban J connectivity index is 0.00000441. The molecule has 1 aromatic rings. The first-order chi connectivity index (χ1) is 18.1. The lowest BCUT2D eigenvalue weighted by atomic mass is 9.55. The van der Waals surface area contributed by atoms with Crippen LogP contribution < -0.4 is 11.1 Å². The van der Waals surface area contributed by atoms with Crippen molar-refractivity contribution in [2.24, 2.45) is 17.6 Å². The van der Waals surface area contributed by atoms with Gasteiger partial charge in [-0.2, -0.15) is 0 Å². The highest BCUT2D eigenvalue weighted by molar-refractivity contribution is 9.10. The van der Waals surface area contributed by atoms with Crippen LogP contribution in [0.2, 0.25) is 0 Å². The lowest BCUT2D eigenvalue weighted by Gasteiger charge is -2.53. The molecule has 1 aromatic carbocycles. The van der Waals surface area contributed by atoms with Crippen LogP contribution in [0.5, 0.6) is 5.75 Å². The molecule has 8 N–H and O–H groups in total. The number of benzene rings is 1. The highest BCUT2D eigenvalue weighted by atomic mass is 79.9. The van der Waals surface area contributed by atoms with Crippen LogP contribution in [-0.4, -0.2) is 90.5 Å². The molecule has 0 spiro atoms. The molecule has 0 saturated carbocycles. The second-order valence-electron chi connectivity index (χ2n) is 10.3. The molecule has 4 rings (SSSR count). The van der Waals surface area contributed by atoms with Gasteiger partial charge >= 0.3 is 0 Å². The van der Waals surface area contributed by atoms with Crippen LogP contribution >= 0.6 is 32.9 Å². The van der Waals surface area contributed by atoms with Crippen molar-refractivity contribution in [3.8, 4) is 5.75 Å². The number of hydrogen-bond donors (Lipinski definition) is 7. The second-order valence-corrected chi connectivity index (χ2v) is 11.4. The molecule has 0 fully saturated rings. The number of phenols is 1. The van der Waals surface area contributed by atoms with Crippen molar-refractivity contribution < 1.29 is 44.7 Å². The van der Waals surface area contributed by atoms with Gasteiger partial charge in [-0.05, 0) is 38.1 Å². The summed E-state index contributed by atoms with van der Waals surface area (Å²) in [5, 5.41) is 59.1. The minimum absolute atomic E-state index is 0. The molecule has 14 heteroatoms. The summed E-state index contributed by atoms with van der Waals surface area (Å²) in [4.78, 5) is 52.5. The molecule has 0 aliphatic heterocycles. The number of hydrogen-bond acceptors (Lipinski definition) is 10. The zero-order valence-electron chi connectivity index (χ0n) is 22.0. The third kappa shape index (κ3) is 4.28. The summed E-state index contributed by atoms with van der Waals surface area (Å²) >= 11 is 3.21. The molecule has 3 aliphatic rings. The molecule has 0 heterocycles. The molecule has 2 amide bonds. The summed E-state index contributed by atoms with van der Waals surface area (Å²) in [6.07, 6.45) is -1.23. The predicted molar refractivity (Wildman–Crippen MR) is 152 cm³/mol. The molecular formula is C26H31Br2N3O9. The number of ketones is 2. The van der Waals surface area contributed by atoms with Gasteiger partial charge in [-0.25, -0.2) is 0 Å². The molecule has 218 valence electrons. The number of aliphatic hydroxyl groups excluding tert-OH is 3. The summed E-state index contributed by atoms with van der Waals surface area (Å²) in [7, 11) is 2.93. The van der Waals surface area contributed by atoms with Crippen LogP contribution in [0.4, 0.5) is 5.69 Å². The number of nitrogens with one attached hydrogen (secondary N) is 1. The molecule has 40 heavy (non-hydrogen) atoms. The van der Waals surface area contributed by atoms with Gasteiger partial charge in [0.25, 0.3) is 5.91 Å². The third-order valence-corrected chi connectivity index (χ3v) is 9.10. The van der Waals surface area contributed by atoms with E-state index in [9.17, 15) is 44.7 Å². The van der Waals surface area contributed by atoms with E-state index in [1.165, 1.54) is 31.1 Å². The molecule has 0 radical (unpaired) electrons. The lowest BCUT2D eigenvalue weighted by molar-refractivity contribution is -0.162. The van der Waals surface area contributed by atoms with Gasteiger partial charge in [0.05, 0.1) is 34.1 Å². The predicted octanol–water partition coefficient (Wildman–Crippen LogP) is 1.34. The standard InChI is InChI=1S/C26H30BrN3O9.BrH/c1-5-10(27)25(38)29-11-7-6-9-8(2)12-14(19(32)13(9)18(11)31)22(35)26(39)16(20(12)33)17(30(3)4)21(34)15(23(26)36)24(28)37;/h6-8,10,12,16-17,20,31,33-35,39H,5H2,1-4H3,(H2,28,37)(H,29,38);1H/t8?,10?,12?,16?,17-,20?,26?;/m0./s1. The van der Waals surface area contributed by atoms with Gasteiger partial charge in [-0.15, -0.1) is 17.0 Å². The minimum atomic E-state index is -2.99. The highest BCUT2D eigenvalue weighted by Crippen LogP contribution is 2.56. The number of amides is 2. The third-order valence-electron chi connectivity index (χ3n) is 8.03. The fourth-order valence-electron chi connectivity index (χ4n) is 6.12. The minimum Gasteiger partial charge on any atom is -0.510 e. The fourth-order valence-corrected chi connectivity index (χ4v) is 6.23. The first kappa shape index (κ1) is 31.7. The van der Waals surface area contributed by atoms with E-state index in [-0.39, 0.29) is 28.2 Å². The van der Waals surface area contributed by atoms with E-state index >= 15 is 0 Å². The zero-order valence-corrected chi connectivity index (χ0v) is 25.3. The van der Waals surface area contributed by atoms with E-state index in [0.29, 0.717) is 12.0 Å². The lowest BCUT2D eigenvalue weighted by Crippen LogP contribution is -2.68. The fraction of sp³-hybridized carbons (Fsp3) is 0.462. The van der Waals surface area contributed by atoms with Crippen molar-refractivity contribution in [2.75, 3.05) is 19.4 Å². The van der Waals surface area contributed by atoms with Crippen LogP contribution in [0.3, 0.4) is 0 Å². The van der Waals surface area contributed by atoms with Gasteiger partial charge in [0.15, 0.2) is 17.1 Å². The molecule has 3 aliphatic carbocycles. The van der Waals surface area contributed by atoms with Gasteiger partial charge in [0.1, 0.15) is 17.1 Å². The van der Waals surface area contributed by atoms with E-state index < -0.39 is 92.1 Å². The Morgan fingerprint density at radius 3 is 2.33 bits per heavy atom. The number of aliphatic hydroxyl groups is 4. The number of aromatic hydroxyl groups is 1. The molecule has 12 nitrogen and oxygen atoms in total. The number of carbonyl (C=O) groups excluding carboxylic acids is 4. The van der Waals surface area contributed by atoms with Crippen LogP contribution in [0.1, 0.15) is 42.1 Å². The Bertz CT molecular complexity index is 1380. The SMILES string of the molecule is Br.CCC(Br)C(=O)Nc1ccc2c(c1O)C(=O)C1=C(O)C3(O)C(=O)C(C(N)=O)=C(O)[C@@H](N(C)C)C3C(O)C1C2C. The number of alkyl halides is 1. The monoisotopic (exact) mass is 687 g/mol. The number of Topliss-reactive ketones (excluding diaryl/α,β-unsaturated/α-hetero) is 2. The average molecular weight is 689 g/mol. The smallest absolute Gasteiger partial charge is 0.255 e.